The molecule has 0 radical (unpaired) electrons. The molecule has 0 aliphatic rings. The number of likely N-dealkylation sites (N-methyl/N-ethyl adjacent to an activating group) is 1. The molecule has 1 aromatic heterocycles. The summed E-state index contributed by atoms with van der Waals surface area (Å²) in [5.74, 6) is 1.000. The summed E-state index contributed by atoms with van der Waals surface area (Å²) in [7, 11) is 2.02. The van der Waals surface area contributed by atoms with E-state index in [9.17, 15) is 0 Å². The highest BCUT2D eigenvalue weighted by Gasteiger charge is 2.05. The molecule has 0 saturated heterocycles. The van der Waals surface area contributed by atoms with Crippen LogP contribution in [0, 0.1) is 13.8 Å². The fraction of sp³-hybridized carbons (Fsp3) is 0.545. The number of pyridine rings is 1. The lowest BCUT2D eigenvalue weighted by molar-refractivity contribution is 0.711. The first kappa shape index (κ1) is 11.0. The molecule has 0 aromatic carbocycles. The monoisotopic (exact) mass is 193 g/mol. The summed E-state index contributed by atoms with van der Waals surface area (Å²) in [5.41, 5.74) is 8.03. The molecule has 0 spiro atoms. The van der Waals surface area contributed by atoms with Crippen molar-refractivity contribution in [2.45, 2.75) is 26.8 Å². The molecule has 78 valence electrons. The quantitative estimate of drug-likeness (QED) is 0.790. The molecular formula is C11H19N3. The van der Waals surface area contributed by atoms with Crippen LogP contribution in [0.15, 0.2) is 12.1 Å². The third-order valence-corrected chi connectivity index (χ3v) is 2.04. The number of aromatic nitrogens is 1. The molecule has 0 saturated carbocycles. The van der Waals surface area contributed by atoms with Gasteiger partial charge < -0.3 is 10.6 Å². The molecular weight excluding hydrogens is 174 g/mol. The Morgan fingerprint density at radius 2 is 2.07 bits per heavy atom. The fourth-order valence-corrected chi connectivity index (χ4v) is 1.54. The largest absolute Gasteiger partial charge is 0.358 e. The second-order valence-corrected chi connectivity index (χ2v) is 4.00. The van der Waals surface area contributed by atoms with E-state index in [0.29, 0.717) is 0 Å². The minimum absolute atomic E-state index is 0.169. The Labute approximate surface area is 85.9 Å². The van der Waals surface area contributed by atoms with Gasteiger partial charge in [-0.15, -0.1) is 0 Å². The molecule has 1 rings (SSSR count). The number of nitrogens with two attached hydrogens (primary N) is 1. The normalized spacial score (nSPS) is 12.6. The number of aryl methyl sites for hydroxylation is 2. The Morgan fingerprint density at radius 3 is 2.57 bits per heavy atom. The van der Waals surface area contributed by atoms with E-state index in [1.165, 1.54) is 5.56 Å². The molecule has 2 N–H and O–H groups in total. The minimum Gasteiger partial charge on any atom is -0.358 e. The van der Waals surface area contributed by atoms with Crippen LogP contribution in [0.2, 0.25) is 0 Å². The molecule has 0 aliphatic carbocycles. The summed E-state index contributed by atoms with van der Waals surface area (Å²) < 4.78 is 0. The van der Waals surface area contributed by atoms with Crippen LogP contribution >= 0.6 is 0 Å². The molecule has 1 atom stereocenters. The average molecular weight is 193 g/mol. The van der Waals surface area contributed by atoms with Crippen molar-refractivity contribution in [2.24, 2.45) is 5.73 Å². The third-order valence-electron chi connectivity index (χ3n) is 2.04. The van der Waals surface area contributed by atoms with Crippen LogP contribution in [0.1, 0.15) is 18.2 Å². The standard InChI is InChI=1S/C11H19N3/c1-8-5-10(3)13-11(6-8)14(4)7-9(2)12/h5-6,9H,7,12H2,1-4H3. The summed E-state index contributed by atoms with van der Waals surface area (Å²) in [5, 5.41) is 0. The summed E-state index contributed by atoms with van der Waals surface area (Å²) in [6, 6.07) is 4.32. The zero-order valence-electron chi connectivity index (χ0n) is 9.41. The maximum Gasteiger partial charge on any atom is 0.128 e. The lowest BCUT2D eigenvalue weighted by atomic mass is 10.2. The Kier molecular flexibility index (Phi) is 3.47. The molecule has 1 aromatic rings. The lowest BCUT2D eigenvalue weighted by Gasteiger charge is -2.21. The second-order valence-electron chi connectivity index (χ2n) is 4.00. The highest BCUT2D eigenvalue weighted by Crippen LogP contribution is 2.12. The highest BCUT2D eigenvalue weighted by atomic mass is 15.2. The van der Waals surface area contributed by atoms with Crippen molar-refractivity contribution in [3.8, 4) is 0 Å². The van der Waals surface area contributed by atoms with Gasteiger partial charge in [-0.1, -0.05) is 0 Å². The van der Waals surface area contributed by atoms with E-state index < -0.39 is 0 Å². The fourth-order valence-electron chi connectivity index (χ4n) is 1.54. The zero-order chi connectivity index (χ0) is 10.7. The summed E-state index contributed by atoms with van der Waals surface area (Å²) >= 11 is 0. The number of hydrogen-bond donors (Lipinski definition) is 1. The van der Waals surface area contributed by atoms with Gasteiger partial charge in [-0.2, -0.15) is 0 Å². The second kappa shape index (κ2) is 4.42. The van der Waals surface area contributed by atoms with Crippen molar-refractivity contribution in [3.05, 3.63) is 23.4 Å². The minimum atomic E-state index is 0.169. The summed E-state index contributed by atoms with van der Waals surface area (Å²) in [4.78, 5) is 6.55. The van der Waals surface area contributed by atoms with Gasteiger partial charge in [0.05, 0.1) is 0 Å². The molecule has 14 heavy (non-hydrogen) atoms. The van der Waals surface area contributed by atoms with Crippen molar-refractivity contribution in [1.82, 2.24) is 4.98 Å². The van der Waals surface area contributed by atoms with Crippen LogP contribution in [-0.2, 0) is 0 Å². The average Bonchev–Trinajstić information content (AvgIpc) is 2.00. The van der Waals surface area contributed by atoms with E-state index in [1.54, 1.807) is 0 Å². The molecule has 1 unspecified atom stereocenters. The Hall–Kier alpha value is -1.09. The predicted octanol–water partition coefficient (Wildman–Crippen LogP) is 1.48. The van der Waals surface area contributed by atoms with Crippen LogP contribution in [0.5, 0.6) is 0 Å². The van der Waals surface area contributed by atoms with Gasteiger partial charge in [-0.05, 0) is 38.5 Å². The first-order valence-corrected chi connectivity index (χ1v) is 4.91. The SMILES string of the molecule is Cc1cc(C)nc(N(C)CC(C)N)c1. The van der Waals surface area contributed by atoms with E-state index in [-0.39, 0.29) is 6.04 Å². The number of rotatable bonds is 3. The van der Waals surface area contributed by atoms with E-state index in [2.05, 4.69) is 28.9 Å². The molecule has 0 aliphatic heterocycles. The van der Waals surface area contributed by atoms with E-state index in [0.717, 1.165) is 18.1 Å². The van der Waals surface area contributed by atoms with Crippen LogP contribution in [0.25, 0.3) is 0 Å². The van der Waals surface area contributed by atoms with Gasteiger partial charge in [0.2, 0.25) is 0 Å². The van der Waals surface area contributed by atoms with Crippen molar-refractivity contribution < 1.29 is 0 Å². The van der Waals surface area contributed by atoms with Gasteiger partial charge in [0, 0.05) is 25.3 Å². The van der Waals surface area contributed by atoms with Crippen LogP contribution in [-0.4, -0.2) is 24.6 Å². The summed E-state index contributed by atoms with van der Waals surface area (Å²) in [6.07, 6.45) is 0. The van der Waals surface area contributed by atoms with E-state index in [1.807, 2.05) is 20.9 Å². The number of hydrogen-bond acceptors (Lipinski definition) is 3. The van der Waals surface area contributed by atoms with E-state index in [4.69, 9.17) is 5.73 Å². The van der Waals surface area contributed by atoms with Crippen LogP contribution < -0.4 is 10.6 Å². The van der Waals surface area contributed by atoms with Gasteiger partial charge in [-0.3, -0.25) is 0 Å². The molecule has 3 heteroatoms. The zero-order valence-corrected chi connectivity index (χ0v) is 9.41. The van der Waals surface area contributed by atoms with Crippen molar-refractivity contribution in [2.75, 3.05) is 18.5 Å². The van der Waals surface area contributed by atoms with Crippen molar-refractivity contribution >= 4 is 5.82 Å². The van der Waals surface area contributed by atoms with Gasteiger partial charge in [0.1, 0.15) is 5.82 Å². The topological polar surface area (TPSA) is 42.2 Å². The van der Waals surface area contributed by atoms with Gasteiger partial charge >= 0.3 is 0 Å². The molecule has 0 bridgehead atoms. The lowest BCUT2D eigenvalue weighted by Crippen LogP contribution is -2.33. The summed E-state index contributed by atoms with van der Waals surface area (Å²) in [6.45, 7) is 6.92. The smallest absolute Gasteiger partial charge is 0.128 e. The van der Waals surface area contributed by atoms with Gasteiger partial charge in [0.15, 0.2) is 0 Å². The Morgan fingerprint density at radius 1 is 1.43 bits per heavy atom. The maximum absolute atomic E-state index is 5.74. The highest BCUT2D eigenvalue weighted by molar-refractivity contribution is 5.41. The molecule has 0 fully saturated rings. The third kappa shape index (κ3) is 3.00. The predicted molar refractivity (Wildman–Crippen MR) is 60.6 cm³/mol. The molecule has 1 heterocycles. The molecule has 3 nitrogen and oxygen atoms in total. The molecule has 0 amide bonds. The van der Waals surface area contributed by atoms with Crippen molar-refractivity contribution in [1.29, 1.82) is 0 Å². The van der Waals surface area contributed by atoms with Crippen LogP contribution in [0.4, 0.5) is 5.82 Å². The van der Waals surface area contributed by atoms with E-state index >= 15 is 0 Å². The van der Waals surface area contributed by atoms with Crippen molar-refractivity contribution in [3.63, 3.8) is 0 Å². The van der Waals surface area contributed by atoms with Gasteiger partial charge in [-0.25, -0.2) is 4.98 Å². The first-order valence-electron chi connectivity index (χ1n) is 4.91. The first-order chi connectivity index (χ1) is 6.49. The van der Waals surface area contributed by atoms with Crippen LogP contribution in [0.3, 0.4) is 0 Å². The number of nitrogens with zero attached hydrogens (tertiary/aromatic N) is 2. The Balaban J connectivity index is 2.84. The maximum atomic E-state index is 5.74. The number of anilines is 1. The van der Waals surface area contributed by atoms with Gasteiger partial charge in [0.25, 0.3) is 0 Å². The Bertz CT molecular complexity index is 287.